The van der Waals surface area contributed by atoms with Crippen molar-refractivity contribution in [3.63, 3.8) is 0 Å². The zero-order chi connectivity index (χ0) is 28.6. The van der Waals surface area contributed by atoms with Gasteiger partial charge in [-0.3, -0.25) is 20.0 Å². The van der Waals surface area contributed by atoms with Gasteiger partial charge in [0.1, 0.15) is 0 Å². The van der Waals surface area contributed by atoms with Crippen molar-refractivity contribution in [2.45, 2.75) is 43.4 Å². The first kappa shape index (κ1) is 26.5. The SMILES string of the molecule is O=C1CC(c2ccccc2)CC2=C1C(c1ccccc1Cl)C1=C(CC(c3ccccc3)CC1=O)N2Nc1ccccc1. The molecule has 1 heterocycles. The average molecular weight is 571 g/mol. The molecule has 4 aromatic carbocycles. The summed E-state index contributed by atoms with van der Waals surface area (Å²) in [4.78, 5) is 28.6. The zero-order valence-electron chi connectivity index (χ0n) is 23.2. The molecule has 2 aliphatic carbocycles. The molecular weight excluding hydrogens is 540 g/mol. The number of carbonyl (C=O) groups is 2. The van der Waals surface area contributed by atoms with Gasteiger partial charge in [-0.1, -0.05) is 109 Å². The third-order valence-electron chi connectivity index (χ3n) is 8.86. The van der Waals surface area contributed by atoms with Crippen LogP contribution in [0.5, 0.6) is 0 Å². The molecular formula is C37H31ClN2O2. The Labute approximate surface area is 251 Å². The van der Waals surface area contributed by atoms with E-state index in [2.05, 4.69) is 34.7 Å². The van der Waals surface area contributed by atoms with Gasteiger partial charge in [-0.15, -0.1) is 0 Å². The third-order valence-corrected chi connectivity index (χ3v) is 9.20. The summed E-state index contributed by atoms with van der Waals surface area (Å²) in [5.74, 6) is -0.281. The number of nitrogens with one attached hydrogen (secondary N) is 1. The van der Waals surface area contributed by atoms with Gasteiger partial charge in [0.25, 0.3) is 0 Å². The maximum atomic E-state index is 14.3. The van der Waals surface area contributed by atoms with E-state index in [4.69, 9.17) is 11.6 Å². The van der Waals surface area contributed by atoms with Gasteiger partial charge in [0.15, 0.2) is 11.6 Å². The van der Waals surface area contributed by atoms with E-state index in [1.165, 1.54) is 0 Å². The highest BCUT2D eigenvalue weighted by Gasteiger charge is 2.47. The fourth-order valence-corrected chi connectivity index (χ4v) is 7.17. The predicted molar refractivity (Wildman–Crippen MR) is 167 cm³/mol. The quantitative estimate of drug-likeness (QED) is 0.261. The first-order chi connectivity index (χ1) is 20.6. The Morgan fingerprint density at radius 2 is 1.02 bits per heavy atom. The summed E-state index contributed by atoms with van der Waals surface area (Å²) < 4.78 is 0. The van der Waals surface area contributed by atoms with Crippen LogP contribution in [0.25, 0.3) is 0 Å². The molecule has 1 aliphatic heterocycles. The van der Waals surface area contributed by atoms with Crippen LogP contribution < -0.4 is 5.43 Å². The van der Waals surface area contributed by atoms with Crippen LogP contribution in [0.2, 0.25) is 5.02 Å². The predicted octanol–water partition coefficient (Wildman–Crippen LogP) is 8.57. The molecule has 0 bridgehead atoms. The van der Waals surface area contributed by atoms with Crippen molar-refractivity contribution in [3.05, 3.63) is 160 Å². The van der Waals surface area contributed by atoms with Gasteiger partial charge in [-0.05, 0) is 59.6 Å². The van der Waals surface area contributed by atoms with Crippen LogP contribution in [0.4, 0.5) is 5.69 Å². The molecule has 0 fully saturated rings. The van der Waals surface area contributed by atoms with Crippen LogP contribution in [-0.2, 0) is 9.59 Å². The lowest BCUT2D eigenvalue weighted by molar-refractivity contribution is -0.117. The number of para-hydroxylation sites is 1. The number of nitrogens with zero attached hydrogens (tertiary/aromatic N) is 1. The molecule has 0 saturated carbocycles. The van der Waals surface area contributed by atoms with Crippen LogP contribution >= 0.6 is 11.6 Å². The van der Waals surface area contributed by atoms with Gasteiger partial charge in [0.05, 0.1) is 5.69 Å². The number of benzene rings is 4. The maximum absolute atomic E-state index is 14.3. The smallest absolute Gasteiger partial charge is 0.162 e. The molecule has 0 saturated heterocycles. The third kappa shape index (κ3) is 4.76. The van der Waals surface area contributed by atoms with Crippen molar-refractivity contribution in [1.29, 1.82) is 0 Å². The standard InChI is InChI=1S/C37H31ClN2O2/c38-30-19-11-10-18-29(30)35-36-31(20-26(22-33(36)41)24-12-4-1-5-13-24)40(39-28-16-8-3-9-17-28)32-21-27(23-34(42)37(32)35)25-14-6-2-7-15-25/h1-19,26-27,35,39H,20-23H2. The molecule has 0 radical (unpaired) electrons. The minimum atomic E-state index is -0.494. The van der Waals surface area contributed by atoms with Crippen molar-refractivity contribution in [2.24, 2.45) is 0 Å². The topological polar surface area (TPSA) is 49.4 Å². The maximum Gasteiger partial charge on any atom is 0.162 e. The van der Waals surface area contributed by atoms with Crippen molar-refractivity contribution in [3.8, 4) is 0 Å². The molecule has 2 unspecified atom stereocenters. The van der Waals surface area contributed by atoms with Gasteiger partial charge >= 0.3 is 0 Å². The number of hydrogen-bond donors (Lipinski definition) is 1. The summed E-state index contributed by atoms with van der Waals surface area (Å²) in [6, 6.07) is 38.2. The number of carbonyl (C=O) groups excluding carboxylic acids is 2. The van der Waals surface area contributed by atoms with Gasteiger partial charge < -0.3 is 0 Å². The highest BCUT2D eigenvalue weighted by Crippen LogP contribution is 2.53. The van der Waals surface area contributed by atoms with E-state index in [0.717, 1.165) is 33.8 Å². The van der Waals surface area contributed by atoms with E-state index in [9.17, 15) is 9.59 Å². The summed E-state index contributed by atoms with van der Waals surface area (Å²) in [6.45, 7) is 0. The molecule has 4 nitrogen and oxygen atoms in total. The van der Waals surface area contributed by atoms with Crippen molar-refractivity contribution >= 4 is 28.9 Å². The number of anilines is 1. The first-order valence-corrected chi connectivity index (χ1v) is 14.9. The second-order valence-electron chi connectivity index (χ2n) is 11.4. The van der Waals surface area contributed by atoms with Crippen molar-refractivity contribution in [1.82, 2.24) is 5.01 Å². The Hall–Kier alpha value is -4.41. The number of Topliss-reactive ketones (excluding diaryl/α,β-unsaturated/α-hetero) is 2. The number of allylic oxidation sites excluding steroid dienone is 4. The monoisotopic (exact) mass is 570 g/mol. The van der Waals surface area contributed by atoms with Gasteiger partial charge in [0, 0.05) is 46.3 Å². The summed E-state index contributed by atoms with van der Waals surface area (Å²) in [5, 5.41) is 2.65. The van der Waals surface area contributed by atoms with E-state index in [-0.39, 0.29) is 23.4 Å². The molecule has 42 heavy (non-hydrogen) atoms. The highest BCUT2D eigenvalue weighted by molar-refractivity contribution is 6.31. The molecule has 3 aliphatic rings. The Morgan fingerprint density at radius 1 is 0.571 bits per heavy atom. The minimum absolute atomic E-state index is 0.0378. The van der Waals surface area contributed by atoms with Crippen molar-refractivity contribution in [2.75, 3.05) is 5.43 Å². The summed E-state index contributed by atoms with van der Waals surface area (Å²) >= 11 is 6.83. The first-order valence-electron chi connectivity index (χ1n) is 14.6. The second-order valence-corrected chi connectivity index (χ2v) is 11.8. The number of hydrogen-bond acceptors (Lipinski definition) is 4. The lowest BCUT2D eigenvalue weighted by Gasteiger charge is -2.46. The Bertz CT molecular complexity index is 1630. The molecule has 208 valence electrons. The Morgan fingerprint density at radius 3 is 1.52 bits per heavy atom. The normalized spacial score (nSPS) is 22.1. The fraction of sp³-hybridized carbons (Fsp3) is 0.189. The minimum Gasteiger partial charge on any atom is -0.294 e. The van der Waals surface area contributed by atoms with E-state index in [0.29, 0.717) is 41.9 Å². The summed E-state index contributed by atoms with van der Waals surface area (Å²) in [5.41, 5.74) is 10.9. The number of hydrazine groups is 1. The van der Waals surface area contributed by atoms with E-state index in [1.807, 2.05) is 91.0 Å². The lowest BCUT2D eigenvalue weighted by Crippen LogP contribution is -2.43. The molecule has 1 N–H and O–H groups in total. The van der Waals surface area contributed by atoms with Gasteiger partial charge in [0.2, 0.25) is 0 Å². The Kier molecular flexibility index (Phi) is 7.01. The Balaban J connectivity index is 1.43. The average Bonchev–Trinajstić information content (AvgIpc) is 3.03. The van der Waals surface area contributed by atoms with Crippen molar-refractivity contribution < 1.29 is 9.59 Å². The van der Waals surface area contributed by atoms with E-state index >= 15 is 0 Å². The van der Waals surface area contributed by atoms with E-state index in [1.54, 1.807) is 0 Å². The summed E-state index contributed by atoms with van der Waals surface area (Å²) in [7, 11) is 0. The molecule has 0 spiro atoms. The molecule has 5 heteroatoms. The summed E-state index contributed by atoms with van der Waals surface area (Å²) in [6.07, 6.45) is 2.14. The van der Waals surface area contributed by atoms with Crippen LogP contribution in [0.15, 0.2) is 138 Å². The lowest BCUT2D eigenvalue weighted by atomic mass is 9.67. The second kappa shape index (κ2) is 11.1. The molecule has 4 aromatic rings. The molecule has 7 rings (SSSR count). The number of ketones is 2. The van der Waals surface area contributed by atoms with Gasteiger partial charge in [-0.25, -0.2) is 0 Å². The van der Waals surface area contributed by atoms with Crippen LogP contribution in [0.3, 0.4) is 0 Å². The zero-order valence-corrected chi connectivity index (χ0v) is 23.9. The van der Waals surface area contributed by atoms with Crippen LogP contribution in [-0.4, -0.2) is 16.6 Å². The number of halogens is 1. The number of rotatable bonds is 5. The fourth-order valence-electron chi connectivity index (χ4n) is 6.93. The van der Waals surface area contributed by atoms with E-state index < -0.39 is 5.92 Å². The molecule has 0 aromatic heterocycles. The largest absolute Gasteiger partial charge is 0.294 e. The van der Waals surface area contributed by atoms with Gasteiger partial charge in [-0.2, -0.15) is 0 Å². The molecule has 2 atom stereocenters. The highest BCUT2D eigenvalue weighted by atomic mass is 35.5. The van der Waals surface area contributed by atoms with Crippen LogP contribution in [0, 0.1) is 0 Å². The van der Waals surface area contributed by atoms with Crippen LogP contribution in [0.1, 0.15) is 60.1 Å². The molecule has 0 amide bonds.